The van der Waals surface area contributed by atoms with Gasteiger partial charge >= 0.3 is 0 Å². The fourth-order valence-corrected chi connectivity index (χ4v) is 1.94. The molecule has 0 aliphatic carbocycles. The lowest BCUT2D eigenvalue weighted by Crippen LogP contribution is -2.18. The highest BCUT2D eigenvalue weighted by Gasteiger charge is 2.15. The van der Waals surface area contributed by atoms with Gasteiger partial charge in [0.15, 0.2) is 0 Å². The number of nitrogens with two attached hydrogens (primary N) is 1. The van der Waals surface area contributed by atoms with Gasteiger partial charge in [-0.15, -0.1) is 0 Å². The quantitative estimate of drug-likeness (QED) is 0.894. The van der Waals surface area contributed by atoms with Gasteiger partial charge in [0.1, 0.15) is 11.6 Å². The molecular weight excluding hydrogens is 253 g/mol. The molecule has 1 aromatic heterocycles. The van der Waals surface area contributed by atoms with Gasteiger partial charge in [-0.2, -0.15) is 0 Å². The molecule has 0 saturated carbocycles. The molecule has 0 bridgehead atoms. The maximum atomic E-state index is 13.0. The van der Waals surface area contributed by atoms with E-state index in [0.717, 1.165) is 5.69 Å². The number of imidazole rings is 1. The number of aromatic nitrogens is 2. The maximum absolute atomic E-state index is 13.0. The van der Waals surface area contributed by atoms with Crippen molar-refractivity contribution in [1.29, 1.82) is 0 Å². The van der Waals surface area contributed by atoms with E-state index < -0.39 is 0 Å². The van der Waals surface area contributed by atoms with Crippen molar-refractivity contribution < 1.29 is 4.39 Å². The van der Waals surface area contributed by atoms with E-state index in [4.69, 9.17) is 17.3 Å². The van der Waals surface area contributed by atoms with Gasteiger partial charge in [-0.25, -0.2) is 9.37 Å². The summed E-state index contributed by atoms with van der Waals surface area (Å²) in [4.78, 5) is 7.37. The number of benzene rings is 1. The molecule has 1 heterocycles. The molecule has 0 radical (unpaired) electrons. The Morgan fingerprint density at radius 2 is 2.11 bits per heavy atom. The predicted octanol–water partition coefficient (Wildman–Crippen LogP) is 3.53. The summed E-state index contributed by atoms with van der Waals surface area (Å²) in [5.74, 6) is 0.635. The molecule has 1 aromatic carbocycles. The highest BCUT2D eigenvalue weighted by molar-refractivity contribution is 6.33. The van der Waals surface area contributed by atoms with E-state index in [9.17, 15) is 4.39 Å². The summed E-state index contributed by atoms with van der Waals surface area (Å²) in [6.45, 7) is 4.05. The van der Waals surface area contributed by atoms with Crippen molar-refractivity contribution in [3.05, 3.63) is 41.1 Å². The lowest BCUT2D eigenvalue weighted by molar-refractivity contribution is 0.494. The fraction of sp³-hybridized carbons (Fsp3) is 0.308. The second-order valence-corrected chi connectivity index (χ2v) is 4.98. The van der Waals surface area contributed by atoms with E-state index in [1.54, 1.807) is 12.3 Å². The Morgan fingerprint density at radius 3 is 2.72 bits per heavy atom. The molecule has 0 aliphatic rings. The third kappa shape index (κ3) is 2.54. The van der Waals surface area contributed by atoms with Gasteiger partial charge in [-0.1, -0.05) is 25.4 Å². The van der Waals surface area contributed by atoms with E-state index in [1.165, 1.54) is 12.1 Å². The first-order chi connectivity index (χ1) is 8.49. The van der Waals surface area contributed by atoms with Crippen molar-refractivity contribution in [3.63, 3.8) is 0 Å². The standard InChI is InChI=1S/C13H15ClFN3/c1-7(2)12(16)13-17-6-11(18-13)9-4-3-8(15)5-10(9)14/h3-7,12H,16H2,1-2H3,(H,17,18). The monoisotopic (exact) mass is 267 g/mol. The smallest absolute Gasteiger partial charge is 0.124 e. The van der Waals surface area contributed by atoms with E-state index >= 15 is 0 Å². The van der Waals surface area contributed by atoms with Gasteiger partial charge in [-0.05, 0) is 24.1 Å². The van der Waals surface area contributed by atoms with Crippen LogP contribution in [0.4, 0.5) is 4.39 Å². The highest BCUT2D eigenvalue weighted by Crippen LogP contribution is 2.28. The second-order valence-electron chi connectivity index (χ2n) is 4.58. The third-order valence-corrected chi connectivity index (χ3v) is 3.16. The molecule has 0 aliphatic heterocycles. The van der Waals surface area contributed by atoms with Crippen molar-refractivity contribution in [2.45, 2.75) is 19.9 Å². The summed E-state index contributed by atoms with van der Waals surface area (Å²) < 4.78 is 13.0. The molecule has 0 fully saturated rings. The average molecular weight is 268 g/mol. The summed E-state index contributed by atoms with van der Waals surface area (Å²) in [5.41, 5.74) is 7.46. The Kier molecular flexibility index (Phi) is 3.68. The maximum Gasteiger partial charge on any atom is 0.124 e. The molecule has 2 rings (SSSR count). The minimum Gasteiger partial charge on any atom is -0.341 e. The lowest BCUT2D eigenvalue weighted by Gasteiger charge is -2.12. The zero-order valence-corrected chi connectivity index (χ0v) is 11.0. The summed E-state index contributed by atoms with van der Waals surface area (Å²) in [6.07, 6.45) is 1.66. The normalized spacial score (nSPS) is 13.0. The second kappa shape index (κ2) is 5.08. The van der Waals surface area contributed by atoms with Crippen molar-refractivity contribution in [2.24, 2.45) is 11.7 Å². The lowest BCUT2D eigenvalue weighted by atomic mass is 10.1. The molecule has 5 heteroatoms. The van der Waals surface area contributed by atoms with Crippen LogP contribution < -0.4 is 5.73 Å². The summed E-state index contributed by atoms with van der Waals surface area (Å²) in [6, 6.07) is 4.11. The molecule has 3 N–H and O–H groups in total. The molecule has 1 unspecified atom stereocenters. The Hall–Kier alpha value is -1.39. The van der Waals surface area contributed by atoms with Gasteiger partial charge in [0.05, 0.1) is 23.0 Å². The summed E-state index contributed by atoms with van der Waals surface area (Å²) in [5, 5.41) is 0.350. The molecule has 18 heavy (non-hydrogen) atoms. The number of nitrogens with one attached hydrogen (secondary N) is 1. The van der Waals surface area contributed by atoms with E-state index in [1.807, 2.05) is 13.8 Å². The van der Waals surface area contributed by atoms with Gasteiger partial charge in [0, 0.05) is 5.56 Å². The first kappa shape index (κ1) is 13.1. The van der Waals surface area contributed by atoms with Crippen LogP contribution in [0.25, 0.3) is 11.3 Å². The van der Waals surface area contributed by atoms with E-state index in [2.05, 4.69) is 9.97 Å². The number of hydrogen-bond donors (Lipinski definition) is 2. The fourth-order valence-electron chi connectivity index (χ4n) is 1.67. The van der Waals surface area contributed by atoms with Gasteiger partial charge in [-0.3, -0.25) is 0 Å². The predicted molar refractivity (Wildman–Crippen MR) is 70.8 cm³/mol. The van der Waals surface area contributed by atoms with Gasteiger partial charge < -0.3 is 10.7 Å². The third-order valence-electron chi connectivity index (χ3n) is 2.85. The first-order valence-corrected chi connectivity index (χ1v) is 6.12. The summed E-state index contributed by atoms with van der Waals surface area (Å²) >= 11 is 6.00. The molecule has 2 aromatic rings. The van der Waals surface area contributed by atoms with E-state index in [-0.39, 0.29) is 17.8 Å². The number of rotatable bonds is 3. The van der Waals surface area contributed by atoms with Gasteiger partial charge in [0.25, 0.3) is 0 Å². The van der Waals surface area contributed by atoms with Crippen LogP contribution in [0.15, 0.2) is 24.4 Å². The Labute approximate surface area is 110 Å². The number of nitrogens with zero attached hydrogens (tertiary/aromatic N) is 1. The van der Waals surface area contributed by atoms with Crippen LogP contribution in [0.1, 0.15) is 25.7 Å². The molecule has 1 atom stereocenters. The summed E-state index contributed by atoms with van der Waals surface area (Å²) in [7, 11) is 0. The number of halogens is 2. The number of aromatic amines is 1. The number of hydrogen-bond acceptors (Lipinski definition) is 2. The van der Waals surface area contributed by atoms with Crippen LogP contribution in [-0.2, 0) is 0 Å². The average Bonchev–Trinajstić information content (AvgIpc) is 2.77. The van der Waals surface area contributed by atoms with Crippen LogP contribution in [0.2, 0.25) is 5.02 Å². The van der Waals surface area contributed by atoms with Crippen LogP contribution in [0.5, 0.6) is 0 Å². The van der Waals surface area contributed by atoms with Gasteiger partial charge in [0.2, 0.25) is 0 Å². The molecule has 96 valence electrons. The first-order valence-electron chi connectivity index (χ1n) is 5.75. The topological polar surface area (TPSA) is 54.7 Å². The van der Waals surface area contributed by atoms with Crippen LogP contribution in [-0.4, -0.2) is 9.97 Å². The van der Waals surface area contributed by atoms with Crippen LogP contribution >= 0.6 is 11.6 Å². The molecule has 0 saturated heterocycles. The van der Waals surface area contributed by atoms with Crippen molar-refractivity contribution in [2.75, 3.05) is 0 Å². The van der Waals surface area contributed by atoms with Crippen molar-refractivity contribution >= 4 is 11.6 Å². The minimum absolute atomic E-state index is 0.155. The molecule has 0 spiro atoms. The Bertz CT molecular complexity index is 551. The minimum atomic E-state index is -0.359. The van der Waals surface area contributed by atoms with Crippen LogP contribution in [0.3, 0.4) is 0 Å². The Morgan fingerprint density at radius 1 is 1.39 bits per heavy atom. The molecular formula is C13H15ClFN3. The van der Waals surface area contributed by atoms with E-state index in [0.29, 0.717) is 16.4 Å². The Balaban J connectivity index is 2.35. The largest absolute Gasteiger partial charge is 0.341 e. The highest BCUT2D eigenvalue weighted by atomic mass is 35.5. The van der Waals surface area contributed by atoms with Crippen LogP contribution in [0, 0.1) is 11.7 Å². The SMILES string of the molecule is CC(C)C(N)c1ncc(-c2ccc(F)cc2Cl)[nH]1. The van der Waals surface area contributed by atoms with Crippen molar-refractivity contribution in [1.82, 2.24) is 9.97 Å². The molecule has 0 amide bonds. The molecule has 3 nitrogen and oxygen atoms in total. The zero-order chi connectivity index (χ0) is 13.3. The number of H-pyrrole nitrogens is 1. The zero-order valence-electron chi connectivity index (χ0n) is 10.2. The van der Waals surface area contributed by atoms with Crippen molar-refractivity contribution in [3.8, 4) is 11.3 Å².